The number of hydrogen-bond acceptors (Lipinski definition) is 5. The minimum absolute atomic E-state index is 0.116. The van der Waals surface area contributed by atoms with Crippen molar-refractivity contribution in [3.8, 4) is 11.4 Å². The number of carbonyl (C=O) groups excluding carboxylic acids is 1. The molecule has 1 fully saturated rings. The molecule has 0 N–H and O–H groups in total. The zero-order chi connectivity index (χ0) is 23.7. The maximum absolute atomic E-state index is 13.3. The van der Waals surface area contributed by atoms with Crippen LogP contribution in [-0.4, -0.2) is 45.5 Å². The molecule has 1 atom stereocenters. The third-order valence-corrected chi connectivity index (χ3v) is 7.42. The van der Waals surface area contributed by atoms with Crippen LogP contribution in [0.15, 0.2) is 59.8 Å². The van der Waals surface area contributed by atoms with Gasteiger partial charge in [0, 0.05) is 35.8 Å². The molecule has 3 heterocycles. The largest absolute Gasteiger partial charge is 0.497 e. The minimum atomic E-state index is 0.116. The Labute approximate surface area is 203 Å². The van der Waals surface area contributed by atoms with E-state index >= 15 is 0 Å². The lowest BCUT2D eigenvalue weighted by Crippen LogP contribution is -2.17. The summed E-state index contributed by atoms with van der Waals surface area (Å²) < 4.78 is 15.5. The molecule has 7 heteroatoms. The van der Waals surface area contributed by atoms with Crippen LogP contribution >= 0.6 is 11.8 Å². The van der Waals surface area contributed by atoms with Crippen molar-refractivity contribution in [2.75, 3.05) is 19.5 Å². The first-order valence-electron chi connectivity index (χ1n) is 11.6. The second-order valence-electron chi connectivity index (χ2n) is 8.66. The molecule has 0 radical (unpaired) electrons. The summed E-state index contributed by atoms with van der Waals surface area (Å²) in [5, 5.41) is 0.799. The fourth-order valence-electron chi connectivity index (χ4n) is 4.65. The van der Waals surface area contributed by atoms with E-state index in [1.807, 2.05) is 55.5 Å². The average Bonchev–Trinajstić information content (AvgIpc) is 3.57. The topological polar surface area (TPSA) is 58.3 Å². The van der Waals surface area contributed by atoms with Crippen LogP contribution in [0.1, 0.15) is 34.6 Å². The Balaban J connectivity index is 1.39. The molecule has 2 aromatic carbocycles. The predicted molar refractivity (Wildman–Crippen MR) is 136 cm³/mol. The lowest BCUT2D eigenvalue weighted by atomic mass is 10.2. The summed E-state index contributed by atoms with van der Waals surface area (Å²) in [6.45, 7) is 5.74. The molecule has 5 rings (SSSR count). The number of hydrogen-bond donors (Lipinski definition) is 0. The number of Topliss-reactive ketones (excluding diaryl/α,β-unsaturated/α-hetero) is 1. The van der Waals surface area contributed by atoms with E-state index in [4.69, 9.17) is 14.5 Å². The number of para-hydroxylation sites is 2. The number of imidazole rings is 1. The molecule has 0 bridgehead atoms. The van der Waals surface area contributed by atoms with Crippen LogP contribution in [-0.2, 0) is 11.3 Å². The molecule has 6 nitrogen and oxygen atoms in total. The Morgan fingerprint density at radius 1 is 1.18 bits per heavy atom. The van der Waals surface area contributed by atoms with E-state index < -0.39 is 0 Å². The van der Waals surface area contributed by atoms with Crippen LogP contribution in [0.5, 0.6) is 5.75 Å². The highest BCUT2D eigenvalue weighted by Crippen LogP contribution is 2.30. The standard InChI is InChI=1S/C27H29N3O3S/c1-18-15-23(19(2)29(18)16-22-7-6-14-33-22)26(31)17-34-27-28-24-8-4-5-9-25(24)30(27)20-10-12-21(32-3)13-11-20/h4-5,8-13,15,22H,6-7,14,16-17H2,1-3H3. The van der Waals surface area contributed by atoms with Gasteiger partial charge in [0.05, 0.1) is 30.0 Å². The number of benzene rings is 2. The smallest absolute Gasteiger partial charge is 0.175 e. The molecule has 4 aromatic rings. The van der Waals surface area contributed by atoms with E-state index in [2.05, 4.69) is 22.1 Å². The number of ketones is 1. The maximum atomic E-state index is 13.3. The molecule has 0 saturated carbocycles. The molecule has 34 heavy (non-hydrogen) atoms. The number of methoxy groups -OCH3 is 1. The quantitative estimate of drug-likeness (QED) is 0.245. The van der Waals surface area contributed by atoms with Crippen LogP contribution in [0.25, 0.3) is 16.7 Å². The molecule has 0 spiro atoms. The molecule has 0 amide bonds. The number of rotatable bonds is 8. The number of nitrogens with zero attached hydrogens (tertiary/aromatic N) is 3. The van der Waals surface area contributed by atoms with Crippen molar-refractivity contribution in [1.29, 1.82) is 0 Å². The highest BCUT2D eigenvalue weighted by Gasteiger charge is 2.22. The van der Waals surface area contributed by atoms with Gasteiger partial charge in [0.1, 0.15) is 5.75 Å². The number of fused-ring (bicyclic) bond motifs is 1. The highest BCUT2D eigenvalue weighted by atomic mass is 32.2. The Morgan fingerprint density at radius 2 is 1.97 bits per heavy atom. The van der Waals surface area contributed by atoms with Crippen LogP contribution < -0.4 is 4.74 Å². The molecular formula is C27H29N3O3S. The van der Waals surface area contributed by atoms with Gasteiger partial charge < -0.3 is 14.0 Å². The predicted octanol–water partition coefficient (Wildman–Crippen LogP) is 5.61. The Hall–Kier alpha value is -3.03. The van der Waals surface area contributed by atoms with Gasteiger partial charge in [-0.2, -0.15) is 0 Å². The van der Waals surface area contributed by atoms with Crippen LogP contribution in [0.2, 0.25) is 0 Å². The molecule has 1 saturated heterocycles. The summed E-state index contributed by atoms with van der Waals surface area (Å²) in [5.41, 5.74) is 5.81. The van der Waals surface area contributed by atoms with Gasteiger partial charge in [-0.05, 0) is 69.2 Å². The van der Waals surface area contributed by atoms with Crippen molar-refractivity contribution in [3.05, 3.63) is 71.5 Å². The molecule has 1 unspecified atom stereocenters. The van der Waals surface area contributed by atoms with Crippen LogP contribution in [0.3, 0.4) is 0 Å². The Kier molecular flexibility index (Phi) is 6.48. The van der Waals surface area contributed by atoms with E-state index in [1.54, 1.807) is 7.11 Å². The normalized spacial score (nSPS) is 15.8. The summed E-state index contributed by atoms with van der Waals surface area (Å²) in [4.78, 5) is 18.1. The van der Waals surface area contributed by atoms with Crippen LogP contribution in [0, 0.1) is 13.8 Å². The third-order valence-electron chi connectivity index (χ3n) is 6.48. The van der Waals surface area contributed by atoms with Crippen molar-refractivity contribution >= 4 is 28.6 Å². The third kappa shape index (κ3) is 4.38. The van der Waals surface area contributed by atoms with Crippen molar-refractivity contribution in [3.63, 3.8) is 0 Å². The molecule has 1 aliphatic heterocycles. The summed E-state index contributed by atoms with van der Waals surface area (Å²) in [6, 6.07) is 18.0. The van der Waals surface area contributed by atoms with E-state index in [9.17, 15) is 4.79 Å². The first-order chi connectivity index (χ1) is 16.5. The highest BCUT2D eigenvalue weighted by molar-refractivity contribution is 7.99. The first kappa shape index (κ1) is 22.7. The second kappa shape index (κ2) is 9.68. The zero-order valence-corrected chi connectivity index (χ0v) is 20.6. The second-order valence-corrected chi connectivity index (χ2v) is 9.60. The number of carbonyl (C=O) groups is 1. The molecular weight excluding hydrogens is 446 g/mol. The first-order valence-corrected chi connectivity index (χ1v) is 12.6. The fourth-order valence-corrected chi connectivity index (χ4v) is 5.56. The molecule has 176 valence electrons. The zero-order valence-electron chi connectivity index (χ0n) is 19.8. The van der Waals surface area contributed by atoms with Crippen molar-refractivity contribution < 1.29 is 14.3 Å². The van der Waals surface area contributed by atoms with Crippen LogP contribution in [0.4, 0.5) is 0 Å². The number of ether oxygens (including phenoxy) is 2. The maximum Gasteiger partial charge on any atom is 0.175 e. The summed E-state index contributed by atoms with van der Waals surface area (Å²) in [5.74, 6) is 1.24. The molecule has 1 aliphatic rings. The summed E-state index contributed by atoms with van der Waals surface area (Å²) in [6.07, 6.45) is 2.44. The SMILES string of the molecule is COc1ccc(-n2c(SCC(=O)c3cc(C)n(CC4CCCO4)c3C)nc3ccccc32)cc1. The average molecular weight is 476 g/mol. The lowest BCUT2D eigenvalue weighted by Gasteiger charge is -2.14. The van der Waals surface area contributed by atoms with Gasteiger partial charge in [-0.25, -0.2) is 4.98 Å². The van der Waals surface area contributed by atoms with Gasteiger partial charge in [-0.3, -0.25) is 9.36 Å². The van der Waals surface area contributed by atoms with E-state index in [0.717, 1.165) is 70.6 Å². The van der Waals surface area contributed by atoms with Gasteiger partial charge in [0.15, 0.2) is 10.9 Å². The monoisotopic (exact) mass is 475 g/mol. The number of thioether (sulfide) groups is 1. The minimum Gasteiger partial charge on any atom is -0.497 e. The lowest BCUT2D eigenvalue weighted by molar-refractivity contribution is 0.0957. The molecule has 2 aromatic heterocycles. The van der Waals surface area contributed by atoms with Gasteiger partial charge in [0.2, 0.25) is 0 Å². The van der Waals surface area contributed by atoms with E-state index in [-0.39, 0.29) is 11.9 Å². The van der Waals surface area contributed by atoms with Gasteiger partial charge >= 0.3 is 0 Å². The van der Waals surface area contributed by atoms with Crippen molar-refractivity contribution in [2.45, 2.75) is 44.5 Å². The van der Waals surface area contributed by atoms with Crippen molar-refractivity contribution in [2.24, 2.45) is 0 Å². The molecule has 0 aliphatic carbocycles. The summed E-state index contributed by atoms with van der Waals surface area (Å²) >= 11 is 1.47. The van der Waals surface area contributed by atoms with E-state index in [0.29, 0.717) is 5.75 Å². The van der Waals surface area contributed by atoms with Gasteiger partial charge in [-0.1, -0.05) is 23.9 Å². The number of aromatic nitrogens is 3. The van der Waals surface area contributed by atoms with Gasteiger partial charge in [0.25, 0.3) is 0 Å². The fraction of sp³-hybridized carbons (Fsp3) is 0.333. The van der Waals surface area contributed by atoms with E-state index in [1.165, 1.54) is 11.8 Å². The van der Waals surface area contributed by atoms with Crippen molar-refractivity contribution in [1.82, 2.24) is 14.1 Å². The summed E-state index contributed by atoms with van der Waals surface area (Å²) in [7, 11) is 1.66. The van der Waals surface area contributed by atoms with Gasteiger partial charge in [-0.15, -0.1) is 0 Å². The number of aryl methyl sites for hydroxylation is 1. The Morgan fingerprint density at radius 3 is 2.71 bits per heavy atom. The Bertz CT molecular complexity index is 1320.